The smallest absolute Gasteiger partial charge is 0.305 e. The number of benzene rings is 4. The van der Waals surface area contributed by atoms with Crippen LogP contribution in [0.5, 0.6) is 0 Å². The van der Waals surface area contributed by atoms with Crippen molar-refractivity contribution < 1.29 is 19.5 Å². The van der Waals surface area contributed by atoms with Gasteiger partial charge >= 0.3 is 5.97 Å². The fraction of sp³-hybridized carbons (Fsp3) is 0.289. The average Bonchev–Trinajstić information content (AvgIpc) is 3.05. The van der Waals surface area contributed by atoms with Gasteiger partial charge in [-0.15, -0.1) is 0 Å². The molecule has 232 valence electrons. The van der Waals surface area contributed by atoms with E-state index in [1.807, 2.05) is 41.3 Å². The second kappa shape index (κ2) is 14.6. The van der Waals surface area contributed by atoms with Gasteiger partial charge in [-0.25, -0.2) is 0 Å². The van der Waals surface area contributed by atoms with E-state index < -0.39 is 11.9 Å². The summed E-state index contributed by atoms with van der Waals surface area (Å²) in [7, 11) is 0. The van der Waals surface area contributed by atoms with Crippen LogP contribution in [-0.2, 0) is 22.6 Å². The SMILES string of the molecule is CCCC(c1ccc(C(=O)NCCC(=O)O)cc1)C(C(=O)N1CCc2cc(-c3ccccc3C)ccc2C1)c1ccc(Cl)cc1. The number of carboxylic acids is 1. The zero-order valence-corrected chi connectivity index (χ0v) is 26.5. The summed E-state index contributed by atoms with van der Waals surface area (Å²) in [5.41, 5.74) is 8.47. The zero-order chi connectivity index (χ0) is 31.9. The molecule has 0 bridgehead atoms. The first kappa shape index (κ1) is 32.0. The van der Waals surface area contributed by atoms with Crippen molar-refractivity contribution in [2.75, 3.05) is 13.1 Å². The van der Waals surface area contributed by atoms with E-state index in [9.17, 15) is 14.4 Å². The first-order chi connectivity index (χ1) is 21.7. The number of aliphatic carboxylic acids is 1. The molecule has 6 nitrogen and oxygen atoms in total. The molecule has 1 aliphatic rings. The van der Waals surface area contributed by atoms with Gasteiger partial charge in [0.15, 0.2) is 0 Å². The van der Waals surface area contributed by atoms with Crippen molar-refractivity contribution in [1.29, 1.82) is 0 Å². The monoisotopic (exact) mass is 622 g/mol. The minimum Gasteiger partial charge on any atom is -0.481 e. The number of carbonyl (C=O) groups excluding carboxylic acids is 2. The number of hydrogen-bond acceptors (Lipinski definition) is 3. The molecule has 0 radical (unpaired) electrons. The Labute approximate surface area is 270 Å². The standard InChI is InChI=1S/C38H39ClN2O4/c1-3-6-34(26-9-11-28(12-10-26)37(44)40-21-19-35(42)43)36(27-15-17-32(39)18-16-27)38(45)41-22-20-29-23-30(13-14-31(29)24-41)33-8-5-4-7-25(33)2/h4-5,7-18,23,34,36H,3,6,19-22,24H2,1-2H3,(H,40,44)(H,42,43). The predicted molar refractivity (Wildman–Crippen MR) is 179 cm³/mol. The third-order valence-electron chi connectivity index (χ3n) is 8.71. The van der Waals surface area contributed by atoms with E-state index in [2.05, 4.69) is 61.6 Å². The van der Waals surface area contributed by atoms with Gasteiger partial charge < -0.3 is 15.3 Å². The van der Waals surface area contributed by atoms with E-state index in [0.29, 0.717) is 23.7 Å². The second-order valence-corrected chi connectivity index (χ2v) is 12.2. The van der Waals surface area contributed by atoms with Gasteiger partial charge in [0.25, 0.3) is 5.91 Å². The van der Waals surface area contributed by atoms with Gasteiger partial charge in [0, 0.05) is 30.2 Å². The first-order valence-corrected chi connectivity index (χ1v) is 15.9. The molecule has 2 atom stereocenters. The van der Waals surface area contributed by atoms with E-state index in [1.165, 1.54) is 27.8 Å². The second-order valence-electron chi connectivity index (χ2n) is 11.8. The van der Waals surface area contributed by atoms with Crippen LogP contribution in [0.4, 0.5) is 0 Å². The minimum absolute atomic E-state index is 0.0632. The van der Waals surface area contributed by atoms with Crippen LogP contribution >= 0.6 is 11.6 Å². The summed E-state index contributed by atoms with van der Waals surface area (Å²) in [5, 5.41) is 12.1. The number of carboxylic acid groups (broad SMARTS) is 1. The van der Waals surface area contributed by atoms with Gasteiger partial charge in [-0.3, -0.25) is 14.4 Å². The maximum absolute atomic E-state index is 14.5. The lowest BCUT2D eigenvalue weighted by molar-refractivity contribution is -0.137. The molecule has 5 rings (SSSR count). The van der Waals surface area contributed by atoms with E-state index in [-0.39, 0.29) is 30.7 Å². The lowest BCUT2D eigenvalue weighted by Crippen LogP contribution is -2.40. The van der Waals surface area contributed by atoms with Gasteiger partial charge in [0.2, 0.25) is 5.91 Å². The molecule has 0 aliphatic carbocycles. The number of hydrogen-bond donors (Lipinski definition) is 2. The molecule has 0 fully saturated rings. The summed E-state index contributed by atoms with van der Waals surface area (Å²) < 4.78 is 0. The molecule has 0 saturated carbocycles. The van der Waals surface area contributed by atoms with Crippen molar-refractivity contribution in [3.63, 3.8) is 0 Å². The number of nitrogens with zero attached hydrogens (tertiary/aromatic N) is 1. The highest BCUT2D eigenvalue weighted by Crippen LogP contribution is 2.40. The summed E-state index contributed by atoms with van der Waals surface area (Å²) >= 11 is 6.26. The lowest BCUT2D eigenvalue weighted by Gasteiger charge is -2.35. The highest BCUT2D eigenvalue weighted by atomic mass is 35.5. The molecular formula is C38H39ClN2O4. The number of aryl methyl sites for hydroxylation is 1. The number of fused-ring (bicyclic) bond motifs is 1. The van der Waals surface area contributed by atoms with Crippen LogP contribution in [0.25, 0.3) is 11.1 Å². The van der Waals surface area contributed by atoms with Gasteiger partial charge in [-0.2, -0.15) is 0 Å². The van der Waals surface area contributed by atoms with Crippen LogP contribution in [-0.4, -0.2) is 40.9 Å². The molecule has 4 aromatic rings. The zero-order valence-electron chi connectivity index (χ0n) is 25.8. The van der Waals surface area contributed by atoms with Crippen molar-refractivity contribution >= 4 is 29.4 Å². The van der Waals surface area contributed by atoms with Crippen molar-refractivity contribution in [2.24, 2.45) is 0 Å². The molecule has 0 spiro atoms. The molecule has 4 aromatic carbocycles. The van der Waals surface area contributed by atoms with E-state index >= 15 is 0 Å². The third-order valence-corrected chi connectivity index (χ3v) is 8.96. The Morgan fingerprint density at radius 3 is 2.31 bits per heavy atom. The minimum atomic E-state index is -0.963. The summed E-state index contributed by atoms with van der Waals surface area (Å²) in [6.07, 6.45) is 2.32. The van der Waals surface area contributed by atoms with Crippen LogP contribution in [0.1, 0.15) is 76.2 Å². The fourth-order valence-corrected chi connectivity index (χ4v) is 6.45. The van der Waals surface area contributed by atoms with E-state index in [0.717, 1.165) is 30.4 Å². The van der Waals surface area contributed by atoms with Gasteiger partial charge in [-0.05, 0) is 88.9 Å². The molecule has 7 heteroatoms. The van der Waals surface area contributed by atoms with Gasteiger partial charge in [-0.1, -0.05) is 91.7 Å². The highest BCUT2D eigenvalue weighted by Gasteiger charge is 2.35. The molecule has 2 amide bonds. The largest absolute Gasteiger partial charge is 0.481 e. The van der Waals surface area contributed by atoms with Crippen molar-refractivity contribution in [2.45, 2.75) is 57.9 Å². The maximum Gasteiger partial charge on any atom is 0.305 e. The summed E-state index contributed by atoms with van der Waals surface area (Å²) in [4.78, 5) is 39.9. The Morgan fingerprint density at radius 1 is 0.911 bits per heavy atom. The Kier molecular flexibility index (Phi) is 10.4. The Bertz CT molecular complexity index is 1670. The maximum atomic E-state index is 14.5. The molecule has 2 N–H and O–H groups in total. The van der Waals surface area contributed by atoms with Crippen LogP contribution in [0.2, 0.25) is 5.02 Å². The molecule has 0 saturated heterocycles. The molecule has 45 heavy (non-hydrogen) atoms. The molecular weight excluding hydrogens is 584 g/mol. The average molecular weight is 623 g/mol. The number of rotatable bonds is 11. The van der Waals surface area contributed by atoms with Crippen molar-refractivity contribution in [3.8, 4) is 11.1 Å². The Balaban J connectivity index is 1.41. The first-order valence-electron chi connectivity index (χ1n) is 15.6. The van der Waals surface area contributed by atoms with Gasteiger partial charge in [0.1, 0.15) is 0 Å². The Hall–Kier alpha value is -4.42. The summed E-state index contributed by atoms with van der Waals surface area (Å²) in [6.45, 7) is 5.50. The number of nitrogens with one attached hydrogen (secondary N) is 1. The van der Waals surface area contributed by atoms with Crippen LogP contribution in [0, 0.1) is 6.92 Å². The van der Waals surface area contributed by atoms with Crippen molar-refractivity contribution in [3.05, 3.63) is 129 Å². The van der Waals surface area contributed by atoms with Crippen LogP contribution in [0.15, 0.2) is 91.0 Å². The van der Waals surface area contributed by atoms with Gasteiger partial charge in [0.05, 0.1) is 12.3 Å². The van der Waals surface area contributed by atoms with Crippen molar-refractivity contribution in [1.82, 2.24) is 10.2 Å². The lowest BCUT2D eigenvalue weighted by atomic mass is 9.77. The number of halogens is 1. The summed E-state index contributed by atoms with van der Waals surface area (Å²) in [6, 6.07) is 29.9. The summed E-state index contributed by atoms with van der Waals surface area (Å²) in [5.74, 6) is -1.74. The normalized spacial score (nSPS) is 13.9. The van der Waals surface area contributed by atoms with E-state index in [1.54, 1.807) is 12.1 Å². The number of carbonyl (C=O) groups is 3. The molecule has 2 unspecified atom stereocenters. The molecule has 0 aromatic heterocycles. The molecule has 1 aliphatic heterocycles. The topological polar surface area (TPSA) is 86.7 Å². The highest BCUT2D eigenvalue weighted by molar-refractivity contribution is 6.30. The fourth-order valence-electron chi connectivity index (χ4n) is 6.32. The van der Waals surface area contributed by atoms with E-state index in [4.69, 9.17) is 16.7 Å². The third kappa shape index (κ3) is 7.63. The predicted octanol–water partition coefficient (Wildman–Crippen LogP) is 7.77. The number of amides is 2. The van der Waals surface area contributed by atoms with Crippen LogP contribution in [0.3, 0.4) is 0 Å². The van der Waals surface area contributed by atoms with Crippen LogP contribution < -0.4 is 5.32 Å². The molecule has 1 heterocycles. The Morgan fingerprint density at radius 2 is 1.62 bits per heavy atom. The quantitative estimate of drug-likeness (QED) is 0.179.